The Morgan fingerprint density at radius 3 is 2.71 bits per heavy atom. The fraction of sp³-hybridized carbons (Fsp3) is 0.364. The zero-order valence-corrected chi connectivity index (χ0v) is 18.8. The number of benzene rings is 1. The molecule has 0 atom stereocenters. The van der Waals surface area contributed by atoms with Crippen LogP contribution in [0.4, 0.5) is 0 Å². The second kappa shape index (κ2) is 8.47. The molecule has 1 aliphatic carbocycles. The van der Waals surface area contributed by atoms with E-state index in [2.05, 4.69) is 33.0 Å². The van der Waals surface area contributed by atoms with Gasteiger partial charge in [0.25, 0.3) is 0 Å². The van der Waals surface area contributed by atoms with Crippen LogP contribution in [0.25, 0.3) is 26.6 Å². The Balaban J connectivity index is 1.60. The lowest BCUT2D eigenvalue weighted by Crippen LogP contribution is -2.15. The van der Waals surface area contributed by atoms with Crippen LogP contribution >= 0.6 is 23.1 Å². The van der Waals surface area contributed by atoms with Crippen molar-refractivity contribution >= 4 is 39.3 Å². The lowest BCUT2D eigenvalue weighted by atomic mass is 9.95. The largest absolute Gasteiger partial charge is 0.481 e. The third-order valence-electron chi connectivity index (χ3n) is 5.69. The number of aryl methyl sites for hydroxylation is 1. The van der Waals surface area contributed by atoms with Gasteiger partial charge in [-0.15, -0.1) is 21.5 Å². The van der Waals surface area contributed by atoms with Crippen LogP contribution in [0.2, 0.25) is 0 Å². The summed E-state index contributed by atoms with van der Waals surface area (Å²) >= 11 is 2.91. The smallest absolute Gasteiger partial charge is 0.313 e. The summed E-state index contributed by atoms with van der Waals surface area (Å²) in [6.45, 7) is 2.03. The molecule has 0 radical (unpaired) electrons. The van der Waals surface area contributed by atoms with E-state index in [1.807, 2.05) is 29.8 Å². The highest BCUT2D eigenvalue weighted by Crippen LogP contribution is 2.40. The Hall–Kier alpha value is -2.65. The topological polar surface area (TPSA) is 85.8 Å². The number of rotatable bonds is 6. The maximum atomic E-state index is 11.1. The van der Waals surface area contributed by atoms with Gasteiger partial charge in [-0.05, 0) is 38.0 Å². The maximum Gasteiger partial charge on any atom is 0.313 e. The van der Waals surface area contributed by atoms with Crippen molar-refractivity contribution in [2.75, 3.05) is 5.75 Å². The molecule has 160 valence electrons. The summed E-state index contributed by atoms with van der Waals surface area (Å²) in [5, 5.41) is 24.6. The molecule has 0 aliphatic heterocycles. The first kappa shape index (κ1) is 20.3. The number of hydrogen-bond donors (Lipinski definition) is 1. The van der Waals surface area contributed by atoms with Gasteiger partial charge in [0, 0.05) is 11.4 Å². The van der Waals surface area contributed by atoms with E-state index in [-0.39, 0.29) is 5.75 Å². The van der Waals surface area contributed by atoms with Crippen molar-refractivity contribution in [3.05, 3.63) is 42.1 Å². The van der Waals surface area contributed by atoms with Crippen LogP contribution in [0.5, 0.6) is 0 Å². The number of hydrogen-bond acceptors (Lipinski definition) is 6. The number of fused-ring (bicyclic) bond motifs is 1. The van der Waals surface area contributed by atoms with E-state index in [9.17, 15) is 4.79 Å². The van der Waals surface area contributed by atoms with Gasteiger partial charge >= 0.3 is 5.97 Å². The molecule has 31 heavy (non-hydrogen) atoms. The highest BCUT2D eigenvalue weighted by atomic mass is 32.2. The van der Waals surface area contributed by atoms with E-state index in [0.717, 1.165) is 45.1 Å². The summed E-state index contributed by atoms with van der Waals surface area (Å²) in [5.41, 5.74) is 2.01. The Morgan fingerprint density at radius 2 is 1.97 bits per heavy atom. The zero-order valence-electron chi connectivity index (χ0n) is 17.2. The molecule has 3 aromatic heterocycles. The third-order valence-corrected chi connectivity index (χ3v) is 7.73. The van der Waals surface area contributed by atoms with Crippen LogP contribution in [-0.2, 0) is 4.79 Å². The van der Waals surface area contributed by atoms with E-state index in [0.29, 0.717) is 11.2 Å². The predicted molar refractivity (Wildman–Crippen MR) is 123 cm³/mol. The van der Waals surface area contributed by atoms with Gasteiger partial charge in [0.05, 0.1) is 22.0 Å². The van der Waals surface area contributed by atoms with Crippen molar-refractivity contribution in [1.82, 2.24) is 24.5 Å². The minimum absolute atomic E-state index is 0.0145. The lowest BCUT2D eigenvalue weighted by Gasteiger charge is -2.25. The van der Waals surface area contributed by atoms with Crippen molar-refractivity contribution in [3.63, 3.8) is 0 Å². The van der Waals surface area contributed by atoms with Crippen molar-refractivity contribution in [2.45, 2.75) is 50.2 Å². The summed E-state index contributed by atoms with van der Waals surface area (Å²) in [6, 6.07) is 12.6. The van der Waals surface area contributed by atoms with Gasteiger partial charge in [-0.3, -0.25) is 9.36 Å². The molecule has 0 saturated heterocycles. The molecule has 5 rings (SSSR count). The van der Waals surface area contributed by atoms with Gasteiger partial charge in [-0.2, -0.15) is 5.10 Å². The van der Waals surface area contributed by atoms with E-state index in [4.69, 9.17) is 10.2 Å². The summed E-state index contributed by atoms with van der Waals surface area (Å²) in [4.78, 5) is 13.3. The maximum absolute atomic E-state index is 11.1. The summed E-state index contributed by atoms with van der Waals surface area (Å²) in [6.07, 6.45) is 5.76. The SMILES string of the molecule is Cc1nn(-c2ccccc2)c2sc(-c3nnc(SCC(=O)O)n3C3CCCCC3)cc12. The molecule has 1 N–H and O–H groups in total. The standard InChI is InChI=1S/C22H23N5O2S2/c1-14-17-12-18(31-21(17)27(25-14)16-10-6-3-7-11-16)20-23-24-22(30-13-19(28)29)26(20)15-8-4-2-5-9-15/h3,6-7,10-12,15H,2,4-5,8-9,13H2,1H3,(H,28,29). The minimum atomic E-state index is -0.842. The average Bonchev–Trinajstić information content (AvgIpc) is 3.48. The Bertz CT molecular complexity index is 1220. The quantitative estimate of drug-likeness (QED) is 0.397. The summed E-state index contributed by atoms with van der Waals surface area (Å²) in [7, 11) is 0. The number of carbonyl (C=O) groups is 1. The number of para-hydroxylation sites is 1. The van der Waals surface area contributed by atoms with Crippen LogP contribution in [0.15, 0.2) is 41.6 Å². The van der Waals surface area contributed by atoms with Crippen LogP contribution in [-0.4, -0.2) is 41.4 Å². The number of aliphatic carboxylic acids is 1. The molecule has 3 heterocycles. The van der Waals surface area contributed by atoms with Gasteiger partial charge in [0.2, 0.25) is 0 Å². The van der Waals surface area contributed by atoms with Crippen LogP contribution < -0.4 is 0 Å². The van der Waals surface area contributed by atoms with E-state index < -0.39 is 5.97 Å². The number of nitrogens with zero attached hydrogens (tertiary/aromatic N) is 5. The number of aromatic nitrogens is 5. The first-order valence-corrected chi connectivity index (χ1v) is 12.3. The molecule has 0 spiro atoms. The van der Waals surface area contributed by atoms with Gasteiger partial charge in [0.1, 0.15) is 4.83 Å². The highest BCUT2D eigenvalue weighted by Gasteiger charge is 2.26. The first-order valence-electron chi connectivity index (χ1n) is 10.5. The first-order chi connectivity index (χ1) is 15.1. The van der Waals surface area contributed by atoms with E-state index in [1.54, 1.807) is 11.3 Å². The van der Waals surface area contributed by atoms with Crippen molar-refractivity contribution in [3.8, 4) is 16.4 Å². The molecule has 1 fully saturated rings. The second-order valence-corrected chi connectivity index (χ2v) is 9.79. The number of carboxylic acid groups (broad SMARTS) is 1. The molecular formula is C22H23N5O2S2. The normalized spacial score (nSPS) is 15.0. The summed E-state index contributed by atoms with van der Waals surface area (Å²) in [5.74, 6) is -0.0236. The molecule has 1 aromatic carbocycles. The predicted octanol–water partition coefficient (Wildman–Crippen LogP) is 5.34. The van der Waals surface area contributed by atoms with Crippen LogP contribution in [0.3, 0.4) is 0 Å². The van der Waals surface area contributed by atoms with Crippen molar-refractivity contribution in [2.24, 2.45) is 0 Å². The van der Waals surface area contributed by atoms with Crippen molar-refractivity contribution < 1.29 is 9.90 Å². The third kappa shape index (κ3) is 3.87. The molecule has 1 saturated carbocycles. The fourth-order valence-corrected chi connectivity index (χ4v) is 6.13. The van der Waals surface area contributed by atoms with Gasteiger partial charge in [-0.25, -0.2) is 4.68 Å². The monoisotopic (exact) mass is 453 g/mol. The number of carboxylic acids is 1. The zero-order chi connectivity index (χ0) is 21.4. The lowest BCUT2D eigenvalue weighted by molar-refractivity contribution is -0.133. The summed E-state index contributed by atoms with van der Waals surface area (Å²) < 4.78 is 4.17. The highest BCUT2D eigenvalue weighted by molar-refractivity contribution is 7.99. The molecule has 9 heteroatoms. The molecule has 0 bridgehead atoms. The minimum Gasteiger partial charge on any atom is -0.481 e. The molecule has 1 aliphatic rings. The molecule has 0 amide bonds. The Labute approximate surface area is 188 Å². The molecule has 0 unspecified atom stereocenters. The Morgan fingerprint density at radius 1 is 1.19 bits per heavy atom. The van der Waals surface area contributed by atoms with Crippen LogP contribution in [0, 0.1) is 6.92 Å². The number of thioether (sulfide) groups is 1. The van der Waals surface area contributed by atoms with Gasteiger partial charge in [-0.1, -0.05) is 49.2 Å². The van der Waals surface area contributed by atoms with Crippen LogP contribution in [0.1, 0.15) is 43.8 Å². The average molecular weight is 454 g/mol. The van der Waals surface area contributed by atoms with Gasteiger partial charge in [0.15, 0.2) is 11.0 Å². The number of thiophene rings is 1. The van der Waals surface area contributed by atoms with E-state index in [1.165, 1.54) is 31.0 Å². The van der Waals surface area contributed by atoms with Crippen molar-refractivity contribution in [1.29, 1.82) is 0 Å². The molecule has 7 nitrogen and oxygen atoms in total. The Kier molecular flexibility index (Phi) is 5.54. The molecular weight excluding hydrogens is 430 g/mol. The van der Waals surface area contributed by atoms with E-state index >= 15 is 0 Å². The second-order valence-electron chi connectivity index (χ2n) is 7.81. The molecule has 4 aromatic rings. The van der Waals surface area contributed by atoms with Gasteiger partial charge < -0.3 is 5.11 Å². The fourth-order valence-electron chi connectivity index (χ4n) is 4.24.